The van der Waals surface area contributed by atoms with Crippen LogP contribution in [0.25, 0.3) is 10.9 Å². The van der Waals surface area contributed by atoms with Gasteiger partial charge in [-0.25, -0.2) is 4.98 Å². The second kappa shape index (κ2) is 10.2. The van der Waals surface area contributed by atoms with Crippen LogP contribution < -0.4 is 5.56 Å². The third kappa shape index (κ3) is 4.93. The first-order valence-electron chi connectivity index (χ1n) is 11.3. The smallest absolute Gasteiger partial charge is 0.262 e. The summed E-state index contributed by atoms with van der Waals surface area (Å²) in [5.74, 6) is 0.231. The normalized spacial score (nSPS) is 17.0. The number of hydrogen-bond acceptors (Lipinski definition) is 6. The molecule has 4 rings (SSSR count). The maximum atomic E-state index is 13.2. The molecule has 1 aliphatic heterocycles. The minimum absolute atomic E-state index is 0.00177. The summed E-state index contributed by atoms with van der Waals surface area (Å²) in [6.45, 7) is 7.81. The molecule has 0 radical (unpaired) electrons. The number of thioether (sulfide) groups is 1. The quantitative estimate of drug-likeness (QED) is 0.266. The number of nitrogens with zero attached hydrogens (tertiary/aromatic N) is 3. The fourth-order valence-corrected chi connectivity index (χ4v) is 5.56. The van der Waals surface area contributed by atoms with Gasteiger partial charge in [-0.3, -0.25) is 14.2 Å². The number of aromatic nitrogens is 3. The number of benzene rings is 1. The van der Waals surface area contributed by atoms with Gasteiger partial charge >= 0.3 is 0 Å². The van der Waals surface area contributed by atoms with Crippen LogP contribution >= 0.6 is 11.8 Å². The highest BCUT2D eigenvalue weighted by molar-refractivity contribution is 7.99. The highest BCUT2D eigenvalue weighted by Crippen LogP contribution is 2.25. The van der Waals surface area contributed by atoms with E-state index in [4.69, 9.17) is 14.5 Å². The van der Waals surface area contributed by atoms with Crippen LogP contribution in [0.4, 0.5) is 0 Å². The van der Waals surface area contributed by atoms with Gasteiger partial charge in [0.1, 0.15) is 0 Å². The van der Waals surface area contributed by atoms with Gasteiger partial charge in [-0.2, -0.15) is 0 Å². The van der Waals surface area contributed by atoms with Gasteiger partial charge in [-0.05, 0) is 51.8 Å². The zero-order chi connectivity index (χ0) is 23.5. The molecule has 1 fully saturated rings. The lowest BCUT2D eigenvalue weighted by atomic mass is 10.2. The van der Waals surface area contributed by atoms with Crippen LogP contribution in [0.5, 0.6) is 0 Å². The average molecular weight is 470 g/mol. The molecule has 3 heterocycles. The lowest BCUT2D eigenvalue weighted by Gasteiger charge is -2.18. The van der Waals surface area contributed by atoms with Crippen LogP contribution in [0, 0.1) is 13.8 Å². The van der Waals surface area contributed by atoms with E-state index < -0.39 is 0 Å². The number of methoxy groups -OCH3 is 1. The van der Waals surface area contributed by atoms with Crippen molar-refractivity contribution in [3.63, 3.8) is 0 Å². The van der Waals surface area contributed by atoms with Crippen LogP contribution in [0.3, 0.4) is 0 Å². The second-order valence-electron chi connectivity index (χ2n) is 8.63. The molecule has 0 spiro atoms. The number of rotatable bonds is 9. The van der Waals surface area contributed by atoms with Crippen molar-refractivity contribution in [2.24, 2.45) is 0 Å². The van der Waals surface area contributed by atoms with Gasteiger partial charge in [0.25, 0.3) is 5.56 Å². The van der Waals surface area contributed by atoms with Crippen LogP contribution in [0.15, 0.2) is 40.3 Å². The number of carbonyl (C=O) groups is 1. The number of aryl methyl sites for hydroxylation is 1. The van der Waals surface area contributed by atoms with Gasteiger partial charge in [0, 0.05) is 30.7 Å². The third-order valence-electron chi connectivity index (χ3n) is 6.20. The van der Waals surface area contributed by atoms with E-state index in [1.54, 1.807) is 17.7 Å². The van der Waals surface area contributed by atoms with Crippen LogP contribution in [0.2, 0.25) is 0 Å². The maximum Gasteiger partial charge on any atom is 0.262 e. The maximum absolute atomic E-state index is 13.2. The summed E-state index contributed by atoms with van der Waals surface area (Å²) in [5.41, 5.74) is 3.23. The van der Waals surface area contributed by atoms with E-state index in [1.807, 2.05) is 38.1 Å². The summed E-state index contributed by atoms with van der Waals surface area (Å²) in [6, 6.07) is 9.43. The Morgan fingerprint density at radius 2 is 2.12 bits per heavy atom. The van der Waals surface area contributed by atoms with Crippen molar-refractivity contribution in [1.29, 1.82) is 0 Å². The number of ether oxygens (including phenoxy) is 2. The molecule has 2 atom stereocenters. The van der Waals surface area contributed by atoms with E-state index in [0.29, 0.717) is 34.8 Å². The molecule has 0 aliphatic carbocycles. The Kier molecular flexibility index (Phi) is 7.36. The summed E-state index contributed by atoms with van der Waals surface area (Å²) >= 11 is 1.32. The summed E-state index contributed by atoms with van der Waals surface area (Å²) < 4.78 is 14.9. The summed E-state index contributed by atoms with van der Waals surface area (Å²) in [5, 5.41) is 1.14. The predicted octanol–water partition coefficient (Wildman–Crippen LogP) is 4.18. The molecule has 176 valence electrons. The first kappa shape index (κ1) is 23.7. The number of para-hydroxylation sites is 1. The monoisotopic (exact) mass is 469 g/mol. The first-order chi connectivity index (χ1) is 15.9. The standard InChI is InChI=1S/C25H31N3O4S/c1-16-12-21(18(3)28(16)17(2)14-31-4)23(29)15-33-25-26-22-10-6-5-9-20(22)24(30)27(25)13-19-8-7-11-32-19/h5-6,9-10,12,17,19H,7-8,11,13-15H2,1-4H3/t17-,19+/m1/s1. The van der Waals surface area contributed by atoms with E-state index in [-0.39, 0.29) is 29.2 Å². The fourth-order valence-electron chi connectivity index (χ4n) is 4.67. The topological polar surface area (TPSA) is 75.4 Å². The second-order valence-corrected chi connectivity index (χ2v) is 9.58. The zero-order valence-electron chi connectivity index (χ0n) is 19.7. The molecule has 8 heteroatoms. The number of hydrogen-bond donors (Lipinski definition) is 0. The molecule has 1 saturated heterocycles. The van der Waals surface area contributed by atoms with E-state index in [9.17, 15) is 9.59 Å². The van der Waals surface area contributed by atoms with Crippen molar-refractivity contribution in [2.75, 3.05) is 26.1 Å². The molecule has 3 aromatic rings. The summed E-state index contributed by atoms with van der Waals surface area (Å²) in [7, 11) is 1.68. The fraction of sp³-hybridized carbons (Fsp3) is 0.480. The van der Waals surface area contributed by atoms with Gasteiger partial charge in [0.15, 0.2) is 10.9 Å². The summed E-state index contributed by atoms with van der Waals surface area (Å²) in [4.78, 5) is 31.2. The van der Waals surface area contributed by atoms with Crippen molar-refractivity contribution < 1.29 is 14.3 Å². The summed E-state index contributed by atoms with van der Waals surface area (Å²) in [6.07, 6.45) is 1.92. The van der Waals surface area contributed by atoms with Crippen molar-refractivity contribution >= 4 is 28.4 Å². The van der Waals surface area contributed by atoms with Crippen LogP contribution in [-0.2, 0) is 16.0 Å². The number of ketones is 1. The molecule has 0 bridgehead atoms. The molecular formula is C25H31N3O4S. The van der Waals surface area contributed by atoms with E-state index >= 15 is 0 Å². The number of Topliss-reactive ketones (excluding diaryl/α,β-unsaturated/α-hetero) is 1. The molecule has 1 aromatic carbocycles. The van der Waals surface area contributed by atoms with Crippen molar-refractivity contribution in [3.8, 4) is 0 Å². The van der Waals surface area contributed by atoms with Gasteiger partial charge in [0.2, 0.25) is 0 Å². The van der Waals surface area contributed by atoms with E-state index in [2.05, 4.69) is 11.5 Å². The Morgan fingerprint density at radius 3 is 2.85 bits per heavy atom. The Hall–Kier alpha value is -2.42. The van der Waals surface area contributed by atoms with Crippen molar-refractivity contribution in [1.82, 2.24) is 14.1 Å². The molecule has 0 amide bonds. The lowest BCUT2D eigenvalue weighted by molar-refractivity contribution is 0.0937. The molecule has 0 N–H and O–H groups in total. The lowest BCUT2D eigenvalue weighted by Crippen LogP contribution is -2.29. The minimum Gasteiger partial charge on any atom is -0.383 e. The molecule has 7 nitrogen and oxygen atoms in total. The minimum atomic E-state index is -0.0855. The Morgan fingerprint density at radius 1 is 1.33 bits per heavy atom. The van der Waals surface area contributed by atoms with Crippen molar-refractivity contribution in [3.05, 3.63) is 57.6 Å². The van der Waals surface area contributed by atoms with Gasteiger partial charge in [0.05, 0.1) is 42.0 Å². The number of fused-ring (bicyclic) bond motifs is 1. The van der Waals surface area contributed by atoms with Gasteiger partial charge in [-0.1, -0.05) is 23.9 Å². The van der Waals surface area contributed by atoms with Gasteiger partial charge in [-0.15, -0.1) is 0 Å². The Bertz CT molecular complexity index is 1210. The molecule has 33 heavy (non-hydrogen) atoms. The largest absolute Gasteiger partial charge is 0.383 e. The third-order valence-corrected chi connectivity index (χ3v) is 7.18. The molecule has 2 aromatic heterocycles. The molecule has 1 aliphatic rings. The predicted molar refractivity (Wildman–Crippen MR) is 131 cm³/mol. The Labute approximate surface area is 198 Å². The SMILES string of the molecule is COC[C@@H](C)n1c(C)cc(C(=O)CSc2nc3ccccc3c(=O)n2C[C@@H]2CCCO2)c1C. The average Bonchev–Trinajstić information content (AvgIpc) is 3.41. The van der Waals surface area contributed by atoms with E-state index in [1.165, 1.54) is 11.8 Å². The van der Waals surface area contributed by atoms with Crippen molar-refractivity contribution in [2.45, 2.75) is 57.5 Å². The first-order valence-corrected chi connectivity index (χ1v) is 12.3. The van der Waals surface area contributed by atoms with Crippen LogP contribution in [0.1, 0.15) is 47.6 Å². The van der Waals surface area contributed by atoms with E-state index in [0.717, 1.165) is 30.8 Å². The zero-order valence-corrected chi connectivity index (χ0v) is 20.5. The molecule has 0 unspecified atom stereocenters. The number of carbonyl (C=O) groups excluding carboxylic acids is 1. The molecule has 0 saturated carbocycles. The van der Waals surface area contributed by atoms with Crippen LogP contribution in [-0.4, -0.2) is 52.1 Å². The highest BCUT2D eigenvalue weighted by atomic mass is 32.2. The Balaban J connectivity index is 1.61. The molecular weight excluding hydrogens is 438 g/mol. The van der Waals surface area contributed by atoms with Gasteiger partial charge < -0.3 is 14.0 Å². The highest BCUT2D eigenvalue weighted by Gasteiger charge is 2.22.